The van der Waals surface area contributed by atoms with Crippen LogP contribution >= 0.6 is 0 Å². The molecule has 0 saturated heterocycles. The number of nitrogens with zero attached hydrogens (tertiary/aromatic N) is 1. The molecule has 0 spiro atoms. The lowest BCUT2D eigenvalue weighted by atomic mass is 9.93. The third kappa shape index (κ3) is 5.02. The van der Waals surface area contributed by atoms with Crippen LogP contribution < -0.4 is 5.32 Å². The minimum absolute atomic E-state index is 0.0493. The number of nitrogens with one attached hydrogen (secondary N) is 1. The van der Waals surface area contributed by atoms with Crippen LogP contribution in [0.1, 0.15) is 27.7 Å². The van der Waals surface area contributed by atoms with E-state index in [4.69, 9.17) is 10.2 Å². The fourth-order valence-electron chi connectivity index (χ4n) is 1.46. The smallest absolute Gasteiger partial charge is 0.239 e. The van der Waals surface area contributed by atoms with Crippen molar-refractivity contribution >= 4 is 5.91 Å². The molecule has 0 aromatic heterocycles. The lowest BCUT2D eigenvalue weighted by Crippen LogP contribution is -2.49. The summed E-state index contributed by atoms with van der Waals surface area (Å²) in [6.07, 6.45) is 0. The van der Waals surface area contributed by atoms with Gasteiger partial charge in [-0.05, 0) is 20.8 Å². The van der Waals surface area contributed by atoms with Gasteiger partial charge in [0.25, 0.3) is 0 Å². The summed E-state index contributed by atoms with van der Waals surface area (Å²) in [5.41, 5.74) is -0.586. The first-order valence-corrected chi connectivity index (χ1v) is 6.18. The monoisotopic (exact) mass is 246 g/mol. The molecule has 17 heavy (non-hydrogen) atoms. The molecule has 102 valence electrons. The van der Waals surface area contributed by atoms with Crippen LogP contribution in [-0.2, 0) is 4.79 Å². The van der Waals surface area contributed by atoms with Gasteiger partial charge in [0.05, 0.1) is 19.3 Å². The first-order chi connectivity index (χ1) is 7.94. The molecule has 0 aliphatic carbocycles. The molecule has 0 saturated carbocycles. The van der Waals surface area contributed by atoms with Crippen LogP contribution in [0.15, 0.2) is 0 Å². The van der Waals surface area contributed by atoms with Gasteiger partial charge in [-0.25, -0.2) is 0 Å². The molecule has 0 aliphatic heterocycles. The van der Waals surface area contributed by atoms with Gasteiger partial charge in [-0.15, -0.1) is 0 Å². The van der Waals surface area contributed by atoms with Crippen molar-refractivity contribution in [2.75, 3.05) is 32.8 Å². The average Bonchev–Trinajstić information content (AvgIpc) is 2.36. The minimum atomic E-state index is -0.586. The van der Waals surface area contributed by atoms with Gasteiger partial charge < -0.3 is 20.4 Å². The van der Waals surface area contributed by atoms with Crippen LogP contribution in [0.3, 0.4) is 0 Å². The molecular formula is C12H26N2O3. The standard InChI is InChI=1S/C12H26N2O3/c1-5-14(6-2)11(17)10(3)13-7-12(4,8-15)9-16/h10,13,15-16H,5-9H2,1-4H3. The van der Waals surface area contributed by atoms with Crippen LogP contribution in [0.4, 0.5) is 0 Å². The van der Waals surface area contributed by atoms with Crippen molar-refractivity contribution in [2.24, 2.45) is 5.41 Å². The lowest BCUT2D eigenvalue weighted by Gasteiger charge is -2.29. The summed E-state index contributed by atoms with van der Waals surface area (Å²) in [4.78, 5) is 13.7. The van der Waals surface area contributed by atoms with E-state index in [0.717, 1.165) is 0 Å². The first-order valence-electron chi connectivity index (χ1n) is 6.18. The van der Waals surface area contributed by atoms with Gasteiger partial charge in [-0.3, -0.25) is 4.79 Å². The highest BCUT2D eigenvalue weighted by Crippen LogP contribution is 2.12. The van der Waals surface area contributed by atoms with E-state index >= 15 is 0 Å². The third-order valence-electron chi connectivity index (χ3n) is 3.04. The Kier molecular flexibility index (Phi) is 7.34. The maximum atomic E-state index is 11.9. The van der Waals surface area contributed by atoms with Crippen LogP contribution in [0, 0.1) is 5.41 Å². The minimum Gasteiger partial charge on any atom is -0.396 e. The molecule has 0 aromatic carbocycles. The molecule has 0 radical (unpaired) electrons. The van der Waals surface area contributed by atoms with Crippen molar-refractivity contribution in [3.05, 3.63) is 0 Å². The number of carbonyl (C=O) groups excluding carboxylic acids is 1. The summed E-state index contributed by atoms with van der Waals surface area (Å²) in [5.74, 6) is 0.0493. The maximum absolute atomic E-state index is 11.9. The van der Waals surface area contributed by atoms with Crippen molar-refractivity contribution in [2.45, 2.75) is 33.7 Å². The van der Waals surface area contributed by atoms with Crippen LogP contribution in [0.5, 0.6) is 0 Å². The molecule has 0 aromatic rings. The average molecular weight is 246 g/mol. The Morgan fingerprint density at radius 1 is 1.29 bits per heavy atom. The number of hydrogen-bond acceptors (Lipinski definition) is 4. The van der Waals surface area contributed by atoms with E-state index in [2.05, 4.69) is 5.32 Å². The predicted molar refractivity (Wildman–Crippen MR) is 67.7 cm³/mol. The number of amides is 1. The van der Waals surface area contributed by atoms with Crippen molar-refractivity contribution in [3.8, 4) is 0 Å². The van der Waals surface area contributed by atoms with Crippen molar-refractivity contribution in [1.29, 1.82) is 0 Å². The number of carbonyl (C=O) groups is 1. The van der Waals surface area contributed by atoms with E-state index in [-0.39, 0.29) is 25.2 Å². The zero-order valence-electron chi connectivity index (χ0n) is 11.4. The second-order valence-electron chi connectivity index (χ2n) is 4.74. The summed E-state index contributed by atoms with van der Waals surface area (Å²) in [6.45, 7) is 9.04. The number of aliphatic hydroxyl groups is 2. The molecule has 1 atom stereocenters. The zero-order valence-corrected chi connectivity index (χ0v) is 11.4. The summed E-state index contributed by atoms with van der Waals surface area (Å²) in [7, 11) is 0. The third-order valence-corrected chi connectivity index (χ3v) is 3.04. The van der Waals surface area contributed by atoms with Crippen LogP contribution in [0.25, 0.3) is 0 Å². The van der Waals surface area contributed by atoms with E-state index < -0.39 is 5.41 Å². The molecule has 0 rings (SSSR count). The molecule has 0 aliphatic rings. The van der Waals surface area contributed by atoms with Crippen molar-refractivity contribution < 1.29 is 15.0 Å². The normalized spacial score (nSPS) is 13.5. The quantitative estimate of drug-likeness (QED) is 0.556. The van der Waals surface area contributed by atoms with Gasteiger partial charge >= 0.3 is 0 Å². The molecule has 1 amide bonds. The number of hydrogen-bond donors (Lipinski definition) is 3. The molecular weight excluding hydrogens is 220 g/mol. The van der Waals surface area contributed by atoms with E-state index in [1.807, 2.05) is 13.8 Å². The highest BCUT2D eigenvalue weighted by molar-refractivity contribution is 5.81. The second-order valence-corrected chi connectivity index (χ2v) is 4.74. The maximum Gasteiger partial charge on any atom is 0.239 e. The summed E-state index contributed by atoms with van der Waals surface area (Å²) >= 11 is 0. The Labute approximate surface area is 104 Å². The van der Waals surface area contributed by atoms with E-state index in [9.17, 15) is 4.79 Å². The number of likely N-dealkylation sites (N-methyl/N-ethyl adjacent to an activating group) is 1. The SMILES string of the molecule is CCN(CC)C(=O)C(C)NCC(C)(CO)CO. The zero-order chi connectivity index (χ0) is 13.5. The molecule has 0 bridgehead atoms. The first kappa shape index (κ1) is 16.4. The topological polar surface area (TPSA) is 72.8 Å². The van der Waals surface area contributed by atoms with Crippen molar-refractivity contribution in [3.63, 3.8) is 0 Å². The predicted octanol–water partition coefficient (Wildman–Crippen LogP) is -0.176. The number of rotatable bonds is 8. The fourth-order valence-corrected chi connectivity index (χ4v) is 1.46. The van der Waals surface area contributed by atoms with Gasteiger partial charge in [-0.1, -0.05) is 6.92 Å². The largest absolute Gasteiger partial charge is 0.396 e. The van der Waals surface area contributed by atoms with Gasteiger partial charge in [0, 0.05) is 25.0 Å². The van der Waals surface area contributed by atoms with Gasteiger partial charge in [-0.2, -0.15) is 0 Å². The Balaban J connectivity index is 4.26. The summed E-state index contributed by atoms with van der Waals surface area (Å²) in [5, 5.41) is 21.3. The Morgan fingerprint density at radius 3 is 2.12 bits per heavy atom. The molecule has 0 fully saturated rings. The van der Waals surface area contributed by atoms with Crippen molar-refractivity contribution in [1.82, 2.24) is 10.2 Å². The molecule has 1 unspecified atom stereocenters. The lowest BCUT2D eigenvalue weighted by molar-refractivity contribution is -0.132. The Bertz CT molecular complexity index is 226. The Morgan fingerprint density at radius 2 is 1.76 bits per heavy atom. The summed E-state index contributed by atoms with van der Waals surface area (Å²) < 4.78 is 0. The molecule has 3 N–H and O–H groups in total. The van der Waals surface area contributed by atoms with Crippen LogP contribution in [0.2, 0.25) is 0 Å². The molecule has 0 heterocycles. The van der Waals surface area contributed by atoms with E-state index in [0.29, 0.717) is 19.6 Å². The second kappa shape index (κ2) is 7.63. The van der Waals surface area contributed by atoms with Gasteiger partial charge in [0.2, 0.25) is 5.91 Å². The highest BCUT2D eigenvalue weighted by Gasteiger charge is 2.25. The molecule has 5 nitrogen and oxygen atoms in total. The van der Waals surface area contributed by atoms with E-state index in [1.165, 1.54) is 0 Å². The Hall–Kier alpha value is -0.650. The van der Waals surface area contributed by atoms with Gasteiger partial charge in [0.1, 0.15) is 0 Å². The molecule has 5 heteroatoms. The number of aliphatic hydroxyl groups excluding tert-OH is 2. The van der Waals surface area contributed by atoms with Gasteiger partial charge in [0.15, 0.2) is 0 Å². The van der Waals surface area contributed by atoms with Crippen LogP contribution in [-0.4, -0.2) is 59.9 Å². The van der Waals surface area contributed by atoms with E-state index in [1.54, 1.807) is 18.7 Å². The summed E-state index contributed by atoms with van der Waals surface area (Å²) in [6, 6.07) is -0.299. The fraction of sp³-hybridized carbons (Fsp3) is 0.917. The highest BCUT2D eigenvalue weighted by atomic mass is 16.3.